The number of likely N-dealkylation sites (N-methyl/N-ethyl adjacent to an activating group) is 1. The van der Waals surface area contributed by atoms with E-state index in [1.807, 2.05) is 31.2 Å². The second-order valence-electron chi connectivity index (χ2n) is 5.26. The molecule has 1 heterocycles. The first-order valence-corrected chi connectivity index (χ1v) is 9.68. The van der Waals surface area contributed by atoms with Gasteiger partial charge in [-0.2, -0.15) is 11.8 Å². The first-order valence-electron chi connectivity index (χ1n) is 7.65. The highest BCUT2D eigenvalue weighted by molar-refractivity contribution is 7.98. The highest BCUT2D eigenvalue weighted by Gasteiger charge is 2.05. The molecule has 0 fully saturated rings. The van der Waals surface area contributed by atoms with E-state index >= 15 is 0 Å². The Hall–Kier alpha value is -1.86. The molecule has 2 N–H and O–H groups in total. The summed E-state index contributed by atoms with van der Waals surface area (Å²) in [6.07, 6.45) is 0.811. The lowest BCUT2D eigenvalue weighted by Crippen LogP contribution is -2.19. The van der Waals surface area contributed by atoms with E-state index in [0.29, 0.717) is 12.8 Å². The lowest BCUT2D eigenvalue weighted by Gasteiger charge is -2.06. The number of aromatic nitrogens is 1. The van der Waals surface area contributed by atoms with Crippen molar-refractivity contribution in [3.63, 3.8) is 0 Å². The van der Waals surface area contributed by atoms with Gasteiger partial charge in [-0.15, -0.1) is 11.3 Å². The maximum Gasteiger partial charge on any atom is 0.225 e. The number of carbonyl (C=O) groups excluding carboxylic acids is 2. The molecule has 2 aromatic rings. The minimum absolute atomic E-state index is 0.00369. The predicted octanol–water partition coefficient (Wildman–Crippen LogP) is 3.00. The van der Waals surface area contributed by atoms with Crippen LogP contribution in [0.2, 0.25) is 0 Å². The van der Waals surface area contributed by atoms with Gasteiger partial charge in [0.05, 0.1) is 17.1 Å². The van der Waals surface area contributed by atoms with Crippen molar-refractivity contribution in [1.29, 1.82) is 0 Å². The molecule has 0 saturated carbocycles. The monoisotopic (exact) mass is 363 g/mol. The standard InChI is InChI=1S/C17H21N3O2S2/c1-12-19-15(11-24-12)10-23-8-7-16(21)20-14-5-3-13(4-6-14)9-17(22)18-2/h3-6,11H,7-10H2,1-2H3,(H,18,22)(H,20,21). The molecule has 0 spiro atoms. The molecule has 0 aliphatic heterocycles. The number of rotatable bonds is 8. The lowest BCUT2D eigenvalue weighted by molar-refractivity contribution is -0.120. The zero-order chi connectivity index (χ0) is 17.4. The number of amides is 2. The third-order valence-electron chi connectivity index (χ3n) is 3.27. The van der Waals surface area contributed by atoms with Gasteiger partial charge in [-0.1, -0.05) is 12.1 Å². The van der Waals surface area contributed by atoms with Crippen LogP contribution in [0.25, 0.3) is 0 Å². The van der Waals surface area contributed by atoms with Crippen molar-refractivity contribution in [1.82, 2.24) is 10.3 Å². The van der Waals surface area contributed by atoms with E-state index < -0.39 is 0 Å². The van der Waals surface area contributed by atoms with Crippen molar-refractivity contribution < 1.29 is 9.59 Å². The number of aryl methyl sites for hydroxylation is 1. The van der Waals surface area contributed by atoms with E-state index in [-0.39, 0.29) is 11.8 Å². The van der Waals surface area contributed by atoms with E-state index in [0.717, 1.165) is 33.5 Å². The van der Waals surface area contributed by atoms with Crippen molar-refractivity contribution in [2.24, 2.45) is 0 Å². The van der Waals surface area contributed by atoms with Crippen LogP contribution in [0, 0.1) is 6.92 Å². The molecule has 0 saturated heterocycles. The van der Waals surface area contributed by atoms with Crippen LogP contribution < -0.4 is 10.6 Å². The fourth-order valence-corrected chi connectivity index (χ4v) is 3.57. The number of hydrogen-bond acceptors (Lipinski definition) is 5. The molecular weight excluding hydrogens is 342 g/mol. The van der Waals surface area contributed by atoms with Crippen molar-refractivity contribution >= 4 is 40.6 Å². The van der Waals surface area contributed by atoms with Crippen LogP contribution in [0.3, 0.4) is 0 Å². The lowest BCUT2D eigenvalue weighted by atomic mass is 10.1. The quantitative estimate of drug-likeness (QED) is 0.707. The Labute approximate surface area is 150 Å². The van der Waals surface area contributed by atoms with E-state index in [9.17, 15) is 9.59 Å². The average Bonchev–Trinajstić information content (AvgIpc) is 2.98. The molecule has 7 heteroatoms. The van der Waals surface area contributed by atoms with Gasteiger partial charge in [-0.3, -0.25) is 9.59 Å². The normalized spacial score (nSPS) is 10.4. The van der Waals surface area contributed by atoms with Crippen molar-refractivity contribution in [2.75, 3.05) is 18.1 Å². The van der Waals surface area contributed by atoms with Gasteiger partial charge in [0.15, 0.2) is 0 Å². The van der Waals surface area contributed by atoms with Gasteiger partial charge in [0, 0.05) is 36.0 Å². The maximum atomic E-state index is 11.9. The Bertz CT molecular complexity index is 683. The van der Waals surface area contributed by atoms with Gasteiger partial charge < -0.3 is 10.6 Å². The number of carbonyl (C=O) groups is 2. The Morgan fingerprint density at radius 1 is 1.21 bits per heavy atom. The van der Waals surface area contributed by atoms with Gasteiger partial charge in [-0.05, 0) is 24.6 Å². The predicted molar refractivity (Wildman–Crippen MR) is 100 cm³/mol. The molecule has 0 radical (unpaired) electrons. The van der Waals surface area contributed by atoms with Crippen LogP contribution in [-0.4, -0.2) is 29.6 Å². The maximum absolute atomic E-state index is 11.9. The summed E-state index contributed by atoms with van der Waals surface area (Å²) in [6.45, 7) is 1.99. The highest BCUT2D eigenvalue weighted by Crippen LogP contribution is 2.16. The third kappa shape index (κ3) is 6.33. The molecule has 0 bridgehead atoms. The summed E-state index contributed by atoms with van der Waals surface area (Å²) in [4.78, 5) is 27.6. The van der Waals surface area contributed by atoms with Crippen molar-refractivity contribution in [2.45, 2.75) is 25.5 Å². The molecule has 2 rings (SSSR count). The highest BCUT2D eigenvalue weighted by atomic mass is 32.2. The second-order valence-corrected chi connectivity index (χ2v) is 7.42. The van der Waals surface area contributed by atoms with Gasteiger partial charge in [-0.25, -0.2) is 4.98 Å². The number of nitrogens with one attached hydrogen (secondary N) is 2. The number of anilines is 1. The zero-order valence-electron chi connectivity index (χ0n) is 13.8. The van der Waals surface area contributed by atoms with Crippen LogP contribution >= 0.6 is 23.1 Å². The van der Waals surface area contributed by atoms with Crippen molar-refractivity contribution in [3.8, 4) is 0 Å². The molecule has 5 nitrogen and oxygen atoms in total. The Morgan fingerprint density at radius 3 is 2.58 bits per heavy atom. The van der Waals surface area contributed by atoms with Gasteiger partial charge >= 0.3 is 0 Å². The summed E-state index contributed by atoms with van der Waals surface area (Å²) in [5.74, 6) is 1.57. The minimum atomic E-state index is -0.0286. The van der Waals surface area contributed by atoms with Crippen LogP contribution in [0.5, 0.6) is 0 Å². The summed E-state index contributed by atoms with van der Waals surface area (Å²) < 4.78 is 0. The average molecular weight is 364 g/mol. The Balaban J connectivity index is 1.69. The SMILES string of the molecule is CNC(=O)Cc1ccc(NC(=O)CCSCc2csc(C)n2)cc1. The second kappa shape index (κ2) is 9.44. The molecule has 1 aromatic carbocycles. The summed E-state index contributed by atoms with van der Waals surface area (Å²) in [7, 11) is 1.62. The molecule has 128 valence electrons. The van der Waals surface area contributed by atoms with Crippen LogP contribution in [0.4, 0.5) is 5.69 Å². The van der Waals surface area contributed by atoms with E-state index in [4.69, 9.17) is 0 Å². The van der Waals surface area contributed by atoms with Crippen LogP contribution in [0.1, 0.15) is 22.7 Å². The number of nitrogens with zero attached hydrogens (tertiary/aromatic N) is 1. The fourth-order valence-electron chi connectivity index (χ4n) is 2.02. The van der Waals surface area contributed by atoms with Crippen LogP contribution in [0.15, 0.2) is 29.6 Å². The summed E-state index contributed by atoms with van der Waals surface area (Å²) >= 11 is 3.36. The van der Waals surface area contributed by atoms with E-state index in [1.165, 1.54) is 0 Å². The van der Waals surface area contributed by atoms with Gasteiger partial charge in [0.25, 0.3) is 0 Å². The fraction of sp³-hybridized carbons (Fsp3) is 0.353. The number of benzene rings is 1. The number of hydrogen-bond donors (Lipinski definition) is 2. The third-order valence-corrected chi connectivity index (χ3v) is 5.09. The molecule has 2 amide bonds. The zero-order valence-corrected chi connectivity index (χ0v) is 15.4. The smallest absolute Gasteiger partial charge is 0.225 e. The largest absolute Gasteiger partial charge is 0.359 e. The summed E-state index contributed by atoms with van der Waals surface area (Å²) in [5, 5.41) is 8.59. The molecule has 1 aromatic heterocycles. The summed E-state index contributed by atoms with van der Waals surface area (Å²) in [5.41, 5.74) is 2.75. The Kier molecular flexibility index (Phi) is 7.27. The van der Waals surface area contributed by atoms with Gasteiger partial charge in [0.1, 0.15) is 0 Å². The van der Waals surface area contributed by atoms with Gasteiger partial charge in [0.2, 0.25) is 11.8 Å². The minimum Gasteiger partial charge on any atom is -0.359 e. The molecule has 0 unspecified atom stereocenters. The molecule has 24 heavy (non-hydrogen) atoms. The molecular formula is C17H21N3O2S2. The number of thiazole rings is 1. The Morgan fingerprint density at radius 2 is 1.96 bits per heavy atom. The van der Waals surface area contributed by atoms with E-state index in [1.54, 1.807) is 30.1 Å². The molecule has 0 aliphatic carbocycles. The molecule has 0 atom stereocenters. The first-order chi connectivity index (χ1) is 11.6. The van der Waals surface area contributed by atoms with Crippen molar-refractivity contribution in [3.05, 3.63) is 45.9 Å². The topological polar surface area (TPSA) is 71.1 Å². The van der Waals surface area contributed by atoms with E-state index in [2.05, 4.69) is 21.0 Å². The number of thioether (sulfide) groups is 1. The molecule has 0 aliphatic rings. The van der Waals surface area contributed by atoms with Crippen LogP contribution in [-0.2, 0) is 21.8 Å². The summed E-state index contributed by atoms with van der Waals surface area (Å²) in [6, 6.07) is 7.34. The first kappa shape index (κ1) is 18.5.